The van der Waals surface area contributed by atoms with Crippen LogP contribution >= 0.6 is 0 Å². The number of pyridine rings is 1. The number of aromatic hydroxyl groups is 1. The van der Waals surface area contributed by atoms with E-state index in [9.17, 15) is 13.5 Å². The largest absolute Gasteiger partial charge is 0.508 e. The highest BCUT2D eigenvalue weighted by molar-refractivity contribution is 7.88. The lowest BCUT2D eigenvalue weighted by Gasteiger charge is -2.40. The molecule has 0 spiro atoms. The van der Waals surface area contributed by atoms with E-state index in [1.807, 2.05) is 36.4 Å². The Kier molecular flexibility index (Phi) is 7.33. The first-order valence-electron chi connectivity index (χ1n) is 11.4. The first-order chi connectivity index (χ1) is 15.4. The minimum absolute atomic E-state index is 0.0522. The van der Waals surface area contributed by atoms with Crippen molar-refractivity contribution in [2.24, 2.45) is 5.92 Å². The molecule has 1 aromatic heterocycles. The third kappa shape index (κ3) is 5.99. The number of nitrogens with zero attached hydrogens (tertiary/aromatic N) is 2. The van der Waals surface area contributed by atoms with Gasteiger partial charge in [-0.2, -0.15) is 0 Å². The van der Waals surface area contributed by atoms with Gasteiger partial charge in [-0.15, -0.1) is 0 Å². The number of hydrogen-bond donors (Lipinski definition) is 2. The fraction of sp³-hybridized carbons (Fsp3) is 0.542. The van der Waals surface area contributed by atoms with Gasteiger partial charge in [0.25, 0.3) is 0 Å². The summed E-state index contributed by atoms with van der Waals surface area (Å²) < 4.78 is 32.9. The average molecular weight is 460 g/mol. The summed E-state index contributed by atoms with van der Waals surface area (Å²) in [6.45, 7) is 1.98. The molecule has 1 aromatic carbocycles. The van der Waals surface area contributed by atoms with Gasteiger partial charge in [0.2, 0.25) is 10.0 Å². The van der Waals surface area contributed by atoms with Crippen LogP contribution in [-0.4, -0.2) is 56.6 Å². The molecule has 2 atom stereocenters. The van der Waals surface area contributed by atoms with E-state index in [0.717, 1.165) is 50.0 Å². The van der Waals surface area contributed by atoms with Gasteiger partial charge in [-0.25, -0.2) is 18.1 Å². The van der Waals surface area contributed by atoms with Crippen LogP contribution in [0.1, 0.15) is 43.6 Å². The molecule has 8 heteroatoms. The molecule has 0 amide bonds. The van der Waals surface area contributed by atoms with Crippen molar-refractivity contribution in [1.29, 1.82) is 0 Å². The monoisotopic (exact) mass is 459 g/mol. The summed E-state index contributed by atoms with van der Waals surface area (Å²) >= 11 is 0. The van der Waals surface area contributed by atoms with E-state index in [-0.39, 0.29) is 18.1 Å². The Balaban J connectivity index is 1.35. The summed E-state index contributed by atoms with van der Waals surface area (Å²) in [4.78, 5) is 6.67. The smallest absolute Gasteiger partial charge is 0.208 e. The van der Waals surface area contributed by atoms with Crippen LogP contribution in [0.4, 0.5) is 5.82 Å². The lowest BCUT2D eigenvalue weighted by atomic mass is 9.82. The molecule has 1 saturated heterocycles. The van der Waals surface area contributed by atoms with Gasteiger partial charge in [0.15, 0.2) is 0 Å². The minimum Gasteiger partial charge on any atom is -0.508 e. The van der Waals surface area contributed by atoms with Crippen molar-refractivity contribution in [1.82, 2.24) is 9.71 Å². The second-order valence-electron chi connectivity index (χ2n) is 9.04. The van der Waals surface area contributed by atoms with Crippen LogP contribution in [0.15, 0.2) is 48.7 Å². The Morgan fingerprint density at radius 1 is 1.09 bits per heavy atom. The Hall–Kier alpha value is -2.16. The maximum atomic E-state index is 11.9. The first-order valence-corrected chi connectivity index (χ1v) is 13.3. The maximum absolute atomic E-state index is 11.9. The van der Waals surface area contributed by atoms with Crippen molar-refractivity contribution < 1.29 is 18.3 Å². The molecular weight excluding hydrogens is 426 g/mol. The molecular formula is C24H33N3O4S. The quantitative estimate of drug-likeness (QED) is 0.660. The Bertz CT molecular complexity index is 978. The van der Waals surface area contributed by atoms with Gasteiger partial charge in [-0.3, -0.25) is 0 Å². The van der Waals surface area contributed by atoms with Crippen molar-refractivity contribution in [3.05, 3.63) is 54.2 Å². The van der Waals surface area contributed by atoms with Crippen LogP contribution in [-0.2, 0) is 14.8 Å². The average Bonchev–Trinajstić information content (AvgIpc) is 2.79. The van der Waals surface area contributed by atoms with Gasteiger partial charge >= 0.3 is 0 Å². The van der Waals surface area contributed by atoms with Gasteiger partial charge in [-0.1, -0.05) is 24.3 Å². The molecule has 2 N–H and O–H groups in total. The normalized spacial score (nSPS) is 26.7. The van der Waals surface area contributed by atoms with E-state index in [0.29, 0.717) is 24.8 Å². The van der Waals surface area contributed by atoms with E-state index in [1.54, 1.807) is 12.3 Å². The van der Waals surface area contributed by atoms with Crippen LogP contribution in [0.5, 0.6) is 5.75 Å². The number of hydrogen-bond acceptors (Lipinski definition) is 6. The SMILES string of the molecule is CS(=O)(=O)N[C@H]1CCN(c2ccccn2)CC1COC1CCC(c2ccccc2O)CC1. The van der Waals surface area contributed by atoms with E-state index in [1.165, 1.54) is 6.26 Å². The van der Waals surface area contributed by atoms with Gasteiger partial charge in [0.05, 0.1) is 19.0 Å². The topological polar surface area (TPSA) is 91.8 Å². The summed E-state index contributed by atoms with van der Waals surface area (Å²) in [6, 6.07) is 13.3. The molecule has 2 aromatic rings. The van der Waals surface area contributed by atoms with Gasteiger partial charge in [-0.05, 0) is 61.8 Å². The standard InChI is InChI=1S/C24H33N3O4S/c1-32(29,30)26-22-13-15-27(24-8-4-5-14-25-24)16-19(22)17-31-20-11-9-18(10-12-20)21-6-2-3-7-23(21)28/h2-8,14,18-20,22,26,28H,9-13,15-17H2,1H3/t18?,19?,20?,22-/m0/s1. The van der Waals surface area contributed by atoms with Gasteiger partial charge in [0, 0.05) is 31.2 Å². The van der Waals surface area contributed by atoms with Crippen molar-refractivity contribution in [2.75, 3.05) is 30.9 Å². The van der Waals surface area contributed by atoms with E-state index in [2.05, 4.69) is 14.6 Å². The van der Waals surface area contributed by atoms with Gasteiger partial charge in [0.1, 0.15) is 11.6 Å². The molecule has 0 bridgehead atoms. The maximum Gasteiger partial charge on any atom is 0.208 e. The Morgan fingerprint density at radius 3 is 2.53 bits per heavy atom. The lowest BCUT2D eigenvalue weighted by Crippen LogP contribution is -2.52. The van der Waals surface area contributed by atoms with Crippen molar-refractivity contribution in [3.63, 3.8) is 0 Å². The van der Waals surface area contributed by atoms with Crippen molar-refractivity contribution >= 4 is 15.8 Å². The number of phenols is 1. The van der Waals surface area contributed by atoms with Gasteiger partial charge < -0.3 is 14.7 Å². The number of sulfonamides is 1. The zero-order chi connectivity index (χ0) is 22.6. The third-order valence-corrected chi connectivity index (χ3v) is 7.40. The number of phenolic OH excluding ortho intramolecular Hbond substituents is 1. The highest BCUT2D eigenvalue weighted by Gasteiger charge is 2.33. The summed E-state index contributed by atoms with van der Waals surface area (Å²) in [5.41, 5.74) is 1.03. The summed E-state index contributed by atoms with van der Waals surface area (Å²) in [6.07, 6.45) is 7.75. The number of rotatable bonds is 7. The van der Waals surface area contributed by atoms with Crippen LogP contribution in [0.3, 0.4) is 0 Å². The van der Waals surface area contributed by atoms with E-state index in [4.69, 9.17) is 4.74 Å². The highest BCUT2D eigenvalue weighted by atomic mass is 32.2. The van der Waals surface area contributed by atoms with Crippen LogP contribution < -0.4 is 9.62 Å². The molecule has 1 unspecified atom stereocenters. The van der Waals surface area contributed by atoms with Crippen LogP contribution in [0, 0.1) is 5.92 Å². The fourth-order valence-electron chi connectivity index (χ4n) is 5.01. The molecule has 0 radical (unpaired) electrons. The molecule has 7 nitrogen and oxygen atoms in total. The molecule has 1 saturated carbocycles. The molecule has 1 aliphatic heterocycles. The second-order valence-corrected chi connectivity index (χ2v) is 10.8. The Morgan fingerprint density at radius 2 is 1.84 bits per heavy atom. The number of aromatic nitrogens is 1. The second kappa shape index (κ2) is 10.2. The first kappa shape index (κ1) is 23.0. The minimum atomic E-state index is -3.29. The highest BCUT2D eigenvalue weighted by Crippen LogP contribution is 2.38. The molecule has 1 aliphatic carbocycles. The number of nitrogens with one attached hydrogen (secondary N) is 1. The van der Waals surface area contributed by atoms with E-state index >= 15 is 0 Å². The zero-order valence-corrected chi connectivity index (χ0v) is 19.4. The summed E-state index contributed by atoms with van der Waals surface area (Å²) in [5, 5.41) is 10.1. The number of piperidine rings is 1. The third-order valence-electron chi connectivity index (χ3n) is 6.67. The molecule has 2 heterocycles. The molecule has 2 aliphatic rings. The predicted molar refractivity (Wildman–Crippen MR) is 125 cm³/mol. The zero-order valence-electron chi connectivity index (χ0n) is 18.6. The van der Waals surface area contributed by atoms with Crippen LogP contribution in [0.2, 0.25) is 0 Å². The number of para-hydroxylation sites is 1. The predicted octanol–water partition coefficient (Wildman–Crippen LogP) is 3.27. The summed E-state index contributed by atoms with van der Waals surface area (Å²) in [7, 11) is -3.29. The van der Waals surface area contributed by atoms with Crippen molar-refractivity contribution in [2.45, 2.75) is 50.2 Å². The number of ether oxygens (including phenoxy) is 1. The summed E-state index contributed by atoms with van der Waals surface area (Å²) in [5.74, 6) is 1.71. The Labute approximate surface area is 190 Å². The molecule has 174 valence electrons. The lowest BCUT2D eigenvalue weighted by molar-refractivity contribution is -0.00223. The fourth-order valence-corrected chi connectivity index (χ4v) is 5.87. The van der Waals surface area contributed by atoms with Crippen LogP contribution in [0.25, 0.3) is 0 Å². The number of anilines is 1. The number of benzene rings is 1. The molecule has 2 fully saturated rings. The van der Waals surface area contributed by atoms with E-state index < -0.39 is 10.0 Å². The molecule has 4 rings (SSSR count). The molecule has 32 heavy (non-hydrogen) atoms. The van der Waals surface area contributed by atoms with Crippen molar-refractivity contribution in [3.8, 4) is 5.75 Å².